The predicted molar refractivity (Wildman–Crippen MR) is 89.4 cm³/mol. The minimum absolute atomic E-state index is 0. The Morgan fingerprint density at radius 3 is 1.18 bits per heavy atom. The second-order valence-electron chi connectivity index (χ2n) is 6.09. The van der Waals surface area contributed by atoms with E-state index in [1.54, 1.807) is 0 Å². The monoisotopic (exact) mass is 332 g/mol. The normalized spacial score (nSPS) is 9.86. The van der Waals surface area contributed by atoms with Gasteiger partial charge in [0.15, 0.2) is 0 Å². The van der Waals surface area contributed by atoms with E-state index in [2.05, 4.69) is 6.92 Å². The molecule has 0 atom stereocenters. The maximum Gasteiger partial charge on any atom is 1.00 e. The topological polar surface area (TPSA) is 37.3 Å². The molecule has 0 unspecified atom stereocenters. The molecule has 124 valence electrons. The van der Waals surface area contributed by atoms with Crippen LogP contribution in [0.5, 0.6) is 0 Å². The van der Waals surface area contributed by atoms with Crippen molar-refractivity contribution in [2.45, 2.75) is 110 Å². The standard InChI is InChI=1S/C18H36O2.2Na.2H/c1-2-3-4-5-6-7-8-9-10-11-12-13-14-15-16-17-18(19)20;;;;/h2-17H2,1H3,(H,19,20);;;;/q;2*+1;2*-1. The maximum atomic E-state index is 10.3. The second-order valence-corrected chi connectivity index (χ2v) is 6.09. The van der Waals surface area contributed by atoms with Crippen LogP contribution in [0.3, 0.4) is 0 Å². The number of hydrogen-bond acceptors (Lipinski definition) is 1. The predicted octanol–water partition coefficient (Wildman–Crippen LogP) is 0.566. The zero-order valence-electron chi connectivity index (χ0n) is 17.7. The quantitative estimate of drug-likeness (QED) is 0.331. The number of aliphatic carboxylic acids is 1. The van der Waals surface area contributed by atoms with Crippen LogP contribution in [-0.4, -0.2) is 11.1 Å². The molecule has 0 aromatic carbocycles. The van der Waals surface area contributed by atoms with Crippen molar-refractivity contribution in [1.82, 2.24) is 0 Å². The van der Waals surface area contributed by atoms with Crippen molar-refractivity contribution in [3.63, 3.8) is 0 Å². The van der Waals surface area contributed by atoms with Crippen LogP contribution >= 0.6 is 0 Å². The van der Waals surface area contributed by atoms with Gasteiger partial charge in [-0.15, -0.1) is 0 Å². The molecule has 1 N–H and O–H groups in total. The van der Waals surface area contributed by atoms with Gasteiger partial charge in [-0.1, -0.05) is 96.8 Å². The smallest absolute Gasteiger partial charge is 1.00 e. The fraction of sp³-hybridized carbons (Fsp3) is 0.944. The molecule has 0 heterocycles. The third kappa shape index (κ3) is 26.4. The Bertz CT molecular complexity index is 221. The third-order valence-electron chi connectivity index (χ3n) is 3.99. The van der Waals surface area contributed by atoms with Gasteiger partial charge in [0.2, 0.25) is 0 Å². The van der Waals surface area contributed by atoms with Gasteiger partial charge >= 0.3 is 65.1 Å². The van der Waals surface area contributed by atoms with Crippen LogP contribution in [0.4, 0.5) is 0 Å². The van der Waals surface area contributed by atoms with Crippen molar-refractivity contribution < 1.29 is 71.9 Å². The first-order chi connectivity index (χ1) is 9.77. The van der Waals surface area contributed by atoms with Gasteiger partial charge in [0.1, 0.15) is 0 Å². The molecule has 0 aromatic rings. The van der Waals surface area contributed by atoms with E-state index in [-0.39, 0.29) is 62.0 Å². The summed E-state index contributed by atoms with van der Waals surface area (Å²) in [5, 5.41) is 8.52. The maximum absolute atomic E-state index is 10.3. The number of unbranched alkanes of at least 4 members (excludes halogenated alkanes) is 14. The van der Waals surface area contributed by atoms with Crippen LogP contribution in [0.1, 0.15) is 113 Å². The van der Waals surface area contributed by atoms with Crippen molar-refractivity contribution in [3.05, 3.63) is 0 Å². The Morgan fingerprint density at radius 1 is 0.636 bits per heavy atom. The van der Waals surface area contributed by atoms with E-state index in [1.165, 1.54) is 83.5 Å². The van der Waals surface area contributed by atoms with Crippen molar-refractivity contribution in [3.8, 4) is 0 Å². The molecule has 4 heteroatoms. The molecule has 0 aliphatic heterocycles. The first-order valence-corrected chi connectivity index (χ1v) is 8.99. The van der Waals surface area contributed by atoms with Crippen LogP contribution in [-0.2, 0) is 4.79 Å². The Kier molecular flexibility index (Phi) is 31.8. The zero-order valence-corrected chi connectivity index (χ0v) is 19.7. The van der Waals surface area contributed by atoms with E-state index >= 15 is 0 Å². The molecule has 0 bridgehead atoms. The molecule has 0 rings (SSSR count). The molecule has 0 amide bonds. The van der Waals surface area contributed by atoms with Crippen molar-refractivity contribution in [2.24, 2.45) is 0 Å². The molecule has 0 saturated heterocycles. The molecule has 0 aliphatic carbocycles. The average Bonchev–Trinajstić information content (AvgIpc) is 2.43. The van der Waals surface area contributed by atoms with Gasteiger partial charge in [0.05, 0.1) is 0 Å². The molecule has 2 nitrogen and oxygen atoms in total. The van der Waals surface area contributed by atoms with Gasteiger partial charge < -0.3 is 7.96 Å². The van der Waals surface area contributed by atoms with Crippen molar-refractivity contribution in [1.29, 1.82) is 0 Å². The summed E-state index contributed by atoms with van der Waals surface area (Å²) in [4.78, 5) is 10.3. The van der Waals surface area contributed by atoms with Crippen LogP contribution < -0.4 is 59.1 Å². The SMILES string of the molecule is CCCCCCCCCCCCCCCCCC(=O)O.[H-].[H-].[Na+].[Na+]. The number of rotatable bonds is 16. The molecule has 0 fully saturated rings. The van der Waals surface area contributed by atoms with Crippen LogP contribution in [0.15, 0.2) is 0 Å². The van der Waals surface area contributed by atoms with Crippen LogP contribution in [0.2, 0.25) is 0 Å². The average molecular weight is 332 g/mol. The fourth-order valence-corrected chi connectivity index (χ4v) is 2.65. The van der Waals surface area contributed by atoms with Crippen LogP contribution in [0, 0.1) is 0 Å². The van der Waals surface area contributed by atoms with Gasteiger partial charge in [-0.25, -0.2) is 0 Å². The molecule has 0 spiro atoms. The minimum atomic E-state index is -0.653. The van der Waals surface area contributed by atoms with E-state index in [4.69, 9.17) is 5.11 Å². The second kappa shape index (κ2) is 24.7. The van der Waals surface area contributed by atoms with Gasteiger partial charge in [-0.2, -0.15) is 0 Å². The van der Waals surface area contributed by atoms with E-state index in [1.807, 2.05) is 0 Å². The van der Waals surface area contributed by atoms with Crippen molar-refractivity contribution >= 4 is 5.97 Å². The Hall–Kier alpha value is 1.47. The number of carboxylic acid groups (broad SMARTS) is 1. The molecule has 0 saturated carbocycles. The number of carboxylic acids is 1. The molecule has 0 radical (unpaired) electrons. The van der Waals surface area contributed by atoms with Gasteiger partial charge in [0, 0.05) is 6.42 Å². The number of hydrogen-bond donors (Lipinski definition) is 1. The molecular weight excluding hydrogens is 294 g/mol. The summed E-state index contributed by atoms with van der Waals surface area (Å²) < 4.78 is 0. The summed E-state index contributed by atoms with van der Waals surface area (Å²) >= 11 is 0. The molecule has 22 heavy (non-hydrogen) atoms. The minimum Gasteiger partial charge on any atom is -1.00 e. The Morgan fingerprint density at radius 2 is 0.909 bits per heavy atom. The van der Waals surface area contributed by atoms with E-state index < -0.39 is 5.97 Å². The first-order valence-electron chi connectivity index (χ1n) is 8.99. The third-order valence-corrected chi connectivity index (χ3v) is 3.99. The molecule has 0 aromatic heterocycles. The zero-order chi connectivity index (χ0) is 14.9. The summed E-state index contributed by atoms with van der Waals surface area (Å²) in [6.07, 6.45) is 20.2. The Balaban J connectivity index is -0.000000301. The van der Waals surface area contributed by atoms with E-state index in [0.29, 0.717) is 6.42 Å². The Labute approximate surface area is 186 Å². The first kappa shape index (κ1) is 28.3. The van der Waals surface area contributed by atoms with E-state index in [0.717, 1.165) is 12.8 Å². The van der Waals surface area contributed by atoms with E-state index in [9.17, 15) is 4.79 Å². The summed E-state index contributed by atoms with van der Waals surface area (Å²) in [6, 6.07) is 0. The summed E-state index contributed by atoms with van der Waals surface area (Å²) in [6.45, 7) is 2.27. The van der Waals surface area contributed by atoms with Gasteiger partial charge in [-0.3, -0.25) is 4.79 Å². The van der Waals surface area contributed by atoms with Crippen LogP contribution in [0.25, 0.3) is 0 Å². The number of carbonyl (C=O) groups is 1. The summed E-state index contributed by atoms with van der Waals surface area (Å²) in [5.41, 5.74) is 0. The largest absolute Gasteiger partial charge is 1.00 e. The van der Waals surface area contributed by atoms with Crippen molar-refractivity contribution in [2.75, 3.05) is 0 Å². The summed E-state index contributed by atoms with van der Waals surface area (Å²) in [5.74, 6) is -0.653. The summed E-state index contributed by atoms with van der Waals surface area (Å²) in [7, 11) is 0. The fourth-order valence-electron chi connectivity index (χ4n) is 2.65. The van der Waals surface area contributed by atoms with Gasteiger partial charge in [0.25, 0.3) is 0 Å². The molecule has 0 aliphatic rings. The van der Waals surface area contributed by atoms with Gasteiger partial charge in [-0.05, 0) is 6.42 Å². The molecular formula is C18H38Na2O2.